The van der Waals surface area contributed by atoms with Crippen LogP contribution < -0.4 is 10.6 Å². The Morgan fingerprint density at radius 2 is 2.00 bits per heavy atom. The number of amidine groups is 1. The van der Waals surface area contributed by atoms with Crippen LogP contribution >= 0.6 is 11.3 Å². The van der Waals surface area contributed by atoms with E-state index in [2.05, 4.69) is 4.98 Å². The summed E-state index contributed by atoms with van der Waals surface area (Å²) in [5.74, 6) is 0.0321. The largest absolute Gasteiger partial charge is 0.481 e. The maximum Gasteiger partial charge on any atom is 0.305 e. The first-order chi connectivity index (χ1) is 16.3. The Labute approximate surface area is 200 Å². The number of hydrogen-bond acceptors (Lipinski definition) is 6. The van der Waals surface area contributed by atoms with Crippen molar-refractivity contribution in [1.29, 1.82) is 5.41 Å². The number of carbonyl (C=O) groups is 2. The number of nitrogens with zero attached hydrogens (tertiary/aromatic N) is 4. The van der Waals surface area contributed by atoms with Crippen molar-refractivity contribution in [3.63, 3.8) is 0 Å². The number of aromatic nitrogens is 3. The van der Waals surface area contributed by atoms with Crippen LogP contribution in [0.1, 0.15) is 32.4 Å². The average Bonchev–Trinajstić information content (AvgIpc) is 3.42. The first kappa shape index (κ1) is 23.1. The van der Waals surface area contributed by atoms with E-state index >= 15 is 0 Å². The smallest absolute Gasteiger partial charge is 0.305 e. The zero-order chi connectivity index (χ0) is 24.2. The SMILES string of the molecule is Cn1c(CCc2ccc(C(=N)N)s2)nc2cc(C(=O)N(CCC(=O)O)c3ccccn3)ccc21. The number of fused-ring (bicyclic) bond motifs is 1. The molecular weight excluding hydrogens is 452 g/mol. The van der Waals surface area contributed by atoms with Gasteiger partial charge in [-0.1, -0.05) is 6.07 Å². The van der Waals surface area contributed by atoms with Crippen LogP contribution in [-0.4, -0.2) is 43.9 Å². The summed E-state index contributed by atoms with van der Waals surface area (Å²) in [5, 5.41) is 16.7. The fourth-order valence-corrected chi connectivity index (χ4v) is 4.56. The second-order valence-corrected chi connectivity index (χ2v) is 8.93. The van der Waals surface area contributed by atoms with E-state index in [4.69, 9.17) is 21.2 Å². The number of amides is 1. The lowest BCUT2D eigenvalue weighted by Gasteiger charge is -2.21. The van der Waals surface area contributed by atoms with E-state index in [1.165, 1.54) is 16.2 Å². The third-order valence-corrected chi connectivity index (χ3v) is 6.64. The molecule has 4 aromatic rings. The van der Waals surface area contributed by atoms with Gasteiger partial charge in [-0.2, -0.15) is 0 Å². The van der Waals surface area contributed by atoms with Crippen molar-refractivity contribution in [2.45, 2.75) is 19.3 Å². The van der Waals surface area contributed by atoms with Crippen molar-refractivity contribution >= 4 is 45.9 Å². The molecule has 0 atom stereocenters. The van der Waals surface area contributed by atoms with Crippen LogP contribution in [0.3, 0.4) is 0 Å². The van der Waals surface area contributed by atoms with Crippen LogP contribution in [0.15, 0.2) is 54.7 Å². The Kier molecular flexibility index (Phi) is 6.69. The molecule has 0 radical (unpaired) electrons. The highest BCUT2D eigenvalue weighted by atomic mass is 32.1. The number of pyridine rings is 1. The van der Waals surface area contributed by atoms with Gasteiger partial charge in [0, 0.05) is 36.7 Å². The highest BCUT2D eigenvalue weighted by Crippen LogP contribution is 2.22. The van der Waals surface area contributed by atoms with Gasteiger partial charge in [0.2, 0.25) is 0 Å². The van der Waals surface area contributed by atoms with Gasteiger partial charge in [-0.15, -0.1) is 11.3 Å². The molecule has 3 heterocycles. The second kappa shape index (κ2) is 9.84. The fraction of sp³-hybridized carbons (Fsp3) is 0.208. The van der Waals surface area contributed by atoms with Gasteiger partial charge in [-0.3, -0.25) is 19.9 Å². The number of imidazole rings is 1. The van der Waals surface area contributed by atoms with Crippen molar-refractivity contribution in [3.8, 4) is 0 Å². The lowest BCUT2D eigenvalue weighted by atomic mass is 10.1. The van der Waals surface area contributed by atoms with Crippen LogP contribution in [0.2, 0.25) is 0 Å². The fourth-order valence-electron chi connectivity index (χ4n) is 3.70. The first-order valence-corrected chi connectivity index (χ1v) is 11.5. The molecule has 0 aliphatic rings. The summed E-state index contributed by atoms with van der Waals surface area (Å²) in [6, 6.07) is 14.3. The molecule has 0 saturated carbocycles. The number of benzene rings is 1. The summed E-state index contributed by atoms with van der Waals surface area (Å²) < 4.78 is 2.00. The maximum atomic E-state index is 13.3. The van der Waals surface area contributed by atoms with E-state index in [9.17, 15) is 9.59 Å². The summed E-state index contributed by atoms with van der Waals surface area (Å²) in [6.45, 7) is 0.0136. The monoisotopic (exact) mass is 476 g/mol. The van der Waals surface area contributed by atoms with E-state index in [1.807, 2.05) is 29.8 Å². The number of carbonyl (C=O) groups excluding carboxylic acids is 1. The molecule has 10 heteroatoms. The number of nitrogens with one attached hydrogen (secondary N) is 1. The maximum absolute atomic E-state index is 13.3. The lowest BCUT2D eigenvalue weighted by molar-refractivity contribution is -0.136. The Morgan fingerprint density at radius 1 is 1.18 bits per heavy atom. The quantitative estimate of drug-likeness (QED) is 0.250. The van der Waals surface area contributed by atoms with Gasteiger partial charge in [0.05, 0.1) is 22.3 Å². The number of anilines is 1. The van der Waals surface area contributed by atoms with Crippen molar-refractivity contribution in [2.24, 2.45) is 12.8 Å². The van der Waals surface area contributed by atoms with Crippen molar-refractivity contribution in [2.75, 3.05) is 11.4 Å². The molecule has 4 rings (SSSR count). The van der Waals surface area contributed by atoms with Gasteiger partial charge in [-0.25, -0.2) is 9.97 Å². The highest BCUT2D eigenvalue weighted by molar-refractivity contribution is 7.14. The van der Waals surface area contributed by atoms with E-state index < -0.39 is 5.97 Å². The van der Waals surface area contributed by atoms with Crippen LogP contribution in [0.4, 0.5) is 5.82 Å². The summed E-state index contributed by atoms with van der Waals surface area (Å²) in [6.07, 6.45) is 2.85. The molecule has 34 heavy (non-hydrogen) atoms. The topological polar surface area (TPSA) is 138 Å². The van der Waals surface area contributed by atoms with Crippen molar-refractivity contribution in [1.82, 2.24) is 14.5 Å². The average molecular weight is 477 g/mol. The number of nitrogen functional groups attached to an aromatic ring is 1. The summed E-state index contributed by atoms with van der Waals surface area (Å²) in [7, 11) is 1.94. The zero-order valence-electron chi connectivity index (χ0n) is 18.6. The summed E-state index contributed by atoms with van der Waals surface area (Å²) >= 11 is 1.50. The summed E-state index contributed by atoms with van der Waals surface area (Å²) in [4.78, 5) is 36.6. The minimum atomic E-state index is -0.986. The Morgan fingerprint density at radius 3 is 2.68 bits per heavy atom. The van der Waals surface area contributed by atoms with Crippen LogP contribution in [0.5, 0.6) is 0 Å². The zero-order valence-corrected chi connectivity index (χ0v) is 19.4. The first-order valence-electron chi connectivity index (χ1n) is 10.7. The minimum absolute atomic E-state index is 0.0136. The summed E-state index contributed by atoms with van der Waals surface area (Å²) in [5.41, 5.74) is 7.56. The van der Waals surface area contributed by atoms with E-state index in [0.29, 0.717) is 23.3 Å². The van der Waals surface area contributed by atoms with Gasteiger partial charge >= 0.3 is 5.97 Å². The Balaban J connectivity index is 1.57. The Hall–Kier alpha value is -4.05. The number of rotatable bonds is 9. The third kappa shape index (κ3) is 4.96. The van der Waals surface area contributed by atoms with Crippen LogP contribution in [0, 0.1) is 5.41 Å². The predicted octanol–water partition coefficient (Wildman–Crippen LogP) is 3.22. The highest BCUT2D eigenvalue weighted by Gasteiger charge is 2.21. The normalized spacial score (nSPS) is 11.0. The molecule has 0 aliphatic heterocycles. The molecule has 0 unspecified atom stereocenters. The van der Waals surface area contributed by atoms with Gasteiger partial charge in [0.1, 0.15) is 17.5 Å². The molecular formula is C24H24N6O3S. The Bertz CT molecular complexity index is 1360. The molecule has 0 bridgehead atoms. The number of nitrogens with two attached hydrogens (primary N) is 1. The molecule has 0 spiro atoms. The molecule has 174 valence electrons. The number of aryl methyl sites for hydroxylation is 3. The third-order valence-electron chi connectivity index (χ3n) is 5.46. The van der Waals surface area contributed by atoms with Crippen LogP contribution in [-0.2, 0) is 24.7 Å². The lowest BCUT2D eigenvalue weighted by Crippen LogP contribution is -2.33. The molecule has 1 aromatic carbocycles. The molecule has 0 fully saturated rings. The van der Waals surface area contributed by atoms with E-state index in [0.717, 1.165) is 27.5 Å². The minimum Gasteiger partial charge on any atom is -0.481 e. The second-order valence-electron chi connectivity index (χ2n) is 7.76. The molecule has 0 aliphatic carbocycles. The number of thiophene rings is 1. The molecule has 0 saturated heterocycles. The standard InChI is InChI=1S/C24H24N6O3S/c1-29-18-8-5-15(24(33)30(13-11-22(31)32)20-4-2-3-12-27-20)14-17(18)28-21(29)10-7-16-6-9-19(34-16)23(25)26/h2-6,8-9,12,14H,7,10-11,13H2,1H3,(H3,25,26)(H,31,32). The molecule has 1 amide bonds. The van der Waals surface area contributed by atoms with Gasteiger partial charge in [0.15, 0.2) is 0 Å². The van der Waals surface area contributed by atoms with Gasteiger partial charge < -0.3 is 15.4 Å². The van der Waals surface area contributed by atoms with Crippen LogP contribution in [0.25, 0.3) is 11.0 Å². The number of carboxylic acid groups (broad SMARTS) is 1. The van der Waals surface area contributed by atoms with Crippen molar-refractivity contribution in [3.05, 3.63) is 75.9 Å². The molecule has 3 aromatic heterocycles. The molecule has 4 N–H and O–H groups in total. The number of carboxylic acids is 1. The van der Waals surface area contributed by atoms with Crippen molar-refractivity contribution < 1.29 is 14.7 Å². The predicted molar refractivity (Wildman–Crippen MR) is 132 cm³/mol. The number of aliphatic carboxylic acids is 1. The van der Waals surface area contributed by atoms with E-state index in [-0.39, 0.29) is 24.7 Å². The number of hydrogen-bond donors (Lipinski definition) is 3. The van der Waals surface area contributed by atoms with Gasteiger partial charge in [0.25, 0.3) is 5.91 Å². The van der Waals surface area contributed by atoms with E-state index in [1.54, 1.807) is 36.5 Å². The molecule has 9 nitrogen and oxygen atoms in total. The van der Waals surface area contributed by atoms with Gasteiger partial charge in [-0.05, 0) is 48.9 Å².